The van der Waals surface area contributed by atoms with Gasteiger partial charge in [-0.3, -0.25) is 14.4 Å². The average Bonchev–Trinajstić information content (AvgIpc) is 3.35. The van der Waals surface area contributed by atoms with E-state index in [-0.39, 0.29) is 31.1 Å². The van der Waals surface area contributed by atoms with Crippen molar-refractivity contribution in [2.45, 2.75) is 284 Å². The number of ether oxygens (including phenoxy) is 3. The minimum atomic E-state index is -0.793. The molecule has 0 spiro atoms. The molecule has 0 aliphatic heterocycles. The molecule has 0 fully saturated rings. The zero-order valence-electron chi connectivity index (χ0n) is 45.3. The summed E-state index contributed by atoms with van der Waals surface area (Å²) >= 11 is 0. The van der Waals surface area contributed by atoms with Gasteiger partial charge in [0.1, 0.15) is 13.2 Å². The molecule has 0 heterocycles. The molecule has 0 bridgehead atoms. The van der Waals surface area contributed by atoms with Crippen LogP contribution in [-0.2, 0) is 28.6 Å². The minimum absolute atomic E-state index is 0.0902. The van der Waals surface area contributed by atoms with Gasteiger partial charge in [-0.25, -0.2) is 0 Å². The van der Waals surface area contributed by atoms with Crippen LogP contribution < -0.4 is 0 Å². The number of carbonyl (C=O) groups excluding carboxylic acids is 3. The minimum Gasteiger partial charge on any atom is -0.462 e. The summed E-state index contributed by atoms with van der Waals surface area (Å²) < 4.78 is 16.8. The highest BCUT2D eigenvalue weighted by atomic mass is 16.6. The van der Waals surface area contributed by atoms with Crippen LogP contribution in [0.1, 0.15) is 278 Å². The second kappa shape index (κ2) is 57.2. The Kier molecular flexibility index (Phi) is 54.3. The first-order chi connectivity index (χ1) is 34.0. The van der Waals surface area contributed by atoms with Crippen molar-refractivity contribution in [3.05, 3.63) is 85.1 Å². The molecule has 6 heteroatoms. The number of hydrogen-bond donors (Lipinski definition) is 0. The van der Waals surface area contributed by atoms with E-state index in [0.29, 0.717) is 19.3 Å². The van der Waals surface area contributed by atoms with Crippen LogP contribution in [-0.4, -0.2) is 37.2 Å². The maximum Gasteiger partial charge on any atom is 0.306 e. The number of esters is 3. The molecule has 0 saturated heterocycles. The van der Waals surface area contributed by atoms with E-state index < -0.39 is 6.10 Å². The smallest absolute Gasteiger partial charge is 0.306 e. The maximum atomic E-state index is 12.8. The molecule has 0 rings (SSSR count). The van der Waals surface area contributed by atoms with Crippen molar-refractivity contribution < 1.29 is 28.6 Å². The average molecular weight is 962 g/mol. The highest BCUT2D eigenvalue weighted by molar-refractivity contribution is 5.71. The largest absolute Gasteiger partial charge is 0.462 e. The number of hydrogen-bond acceptors (Lipinski definition) is 6. The third kappa shape index (κ3) is 55.4. The lowest BCUT2D eigenvalue weighted by molar-refractivity contribution is -0.167. The third-order valence-electron chi connectivity index (χ3n) is 12.4. The van der Waals surface area contributed by atoms with Gasteiger partial charge in [0.15, 0.2) is 6.10 Å². The summed E-state index contributed by atoms with van der Waals surface area (Å²) in [6.07, 6.45) is 74.3. The molecule has 1 atom stereocenters. The molecule has 0 N–H and O–H groups in total. The second-order valence-corrected chi connectivity index (χ2v) is 19.2. The molecule has 0 aromatic heterocycles. The Labute approximate surface area is 426 Å². The Morgan fingerprint density at radius 2 is 0.565 bits per heavy atom. The fourth-order valence-corrected chi connectivity index (χ4v) is 7.99. The van der Waals surface area contributed by atoms with Gasteiger partial charge in [-0.15, -0.1) is 0 Å². The molecule has 0 amide bonds. The van der Waals surface area contributed by atoms with E-state index in [1.54, 1.807) is 0 Å². The first kappa shape index (κ1) is 65.6. The van der Waals surface area contributed by atoms with Crippen LogP contribution in [0.2, 0.25) is 0 Å². The fourth-order valence-electron chi connectivity index (χ4n) is 7.99. The van der Waals surface area contributed by atoms with Crippen molar-refractivity contribution >= 4 is 17.9 Å². The normalized spacial score (nSPS) is 12.7. The number of allylic oxidation sites excluding steroid dienone is 14. The molecule has 0 aromatic carbocycles. The summed E-state index contributed by atoms with van der Waals surface area (Å²) in [5, 5.41) is 0. The summed E-state index contributed by atoms with van der Waals surface area (Å²) in [5.74, 6) is -0.918. The Bertz CT molecular complexity index is 1330. The Morgan fingerprint density at radius 1 is 0.304 bits per heavy atom. The molecule has 0 aromatic rings. The Hall–Kier alpha value is -3.41. The molecule has 69 heavy (non-hydrogen) atoms. The SMILES string of the molecule is CC/C=C\C/C=C\C/C=C\CCCCCCCC(=O)OC(COC(=O)CCCCCCC/C=C\CCCCCC)COC(=O)CCCCCCCCCC/C=C\C/C=C\C/C=C\CCCCCCC. The molecular weight excluding hydrogens is 853 g/mol. The number of rotatable bonds is 52. The lowest BCUT2D eigenvalue weighted by Crippen LogP contribution is -2.30. The Balaban J connectivity index is 4.37. The van der Waals surface area contributed by atoms with Crippen molar-refractivity contribution in [3.63, 3.8) is 0 Å². The van der Waals surface area contributed by atoms with Crippen LogP contribution in [0.4, 0.5) is 0 Å². The quantitative estimate of drug-likeness (QED) is 0.0262. The second-order valence-electron chi connectivity index (χ2n) is 19.2. The van der Waals surface area contributed by atoms with Crippen molar-refractivity contribution in [2.24, 2.45) is 0 Å². The standard InChI is InChI=1S/C63H108O6/c1-4-7-10-13-16-19-22-25-27-28-29-30-31-32-33-34-36-38-41-44-47-50-53-56-62(65)68-59-60(58-67-61(64)55-52-49-46-43-40-37-24-21-18-15-12-9-6-3)69-63(66)57-54-51-48-45-42-39-35-26-23-20-17-14-11-8-5-2/h8,11,17,20-22,24-26,28-29,31-32,35,60H,4-7,9-10,12-16,18-19,23,27,30,33-34,36-59H2,1-3H3/b11-8-,20-17-,24-21-,25-22-,29-28-,32-31-,35-26-. The molecule has 0 aliphatic carbocycles. The van der Waals surface area contributed by atoms with E-state index in [2.05, 4.69) is 106 Å². The Morgan fingerprint density at radius 3 is 0.913 bits per heavy atom. The monoisotopic (exact) mass is 961 g/mol. The summed E-state index contributed by atoms with van der Waals surface area (Å²) in [5.41, 5.74) is 0. The van der Waals surface area contributed by atoms with Gasteiger partial charge >= 0.3 is 17.9 Å². The van der Waals surface area contributed by atoms with E-state index in [0.717, 1.165) is 122 Å². The van der Waals surface area contributed by atoms with E-state index in [1.165, 1.54) is 116 Å². The predicted octanol–water partition coefficient (Wildman–Crippen LogP) is 19.5. The van der Waals surface area contributed by atoms with Crippen molar-refractivity contribution in [1.82, 2.24) is 0 Å². The highest BCUT2D eigenvalue weighted by Crippen LogP contribution is 2.15. The topological polar surface area (TPSA) is 78.9 Å². The van der Waals surface area contributed by atoms with Crippen LogP contribution in [0.15, 0.2) is 85.1 Å². The van der Waals surface area contributed by atoms with E-state index in [4.69, 9.17) is 14.2 Å². The van der Waals surface area contributed by atoms with Crippen LogP contribution in [0.5, 0.6) is 0 Å². The van der Waals surface area contributed by atoms with Gasteiger partial charge in [0, 0.05) is 19.3 Å². The molecule has 0 saturated carbocycles. The van der Waals surface area contributed by atoms with Crippen molar-refractivity contribution in [2.75, 3.05) is 13.2 Å². The predicted molar refractivity (Wildman–Crippen MR) is 297 cm³/mol. The zero-order valence-corrected chi connectivity index (χ0v) is 45.3. The van der Waals surface area contributed by atoms with Gasteiger partial charge in [0.05, 0.1) is 0 Å². The molecule has 6 nitrogen and oxygen atoms in total. The first-order valence-corrected chi connectivity index (χ1v) is 29.1. The summed E-state index contributed by atoms with van der Waals surface area (Å²) in [6, 6.07) is 0. The fraction of sp³-hybridized carbons (Fsp3) is 0.730. The van der Waals surface area contributed by atoms with Crippen LogP contribution in [0, 0.1) is 0 Å². The van der Waals surface area contributed by atoms with Gasteiger partial charge in [-0.05, 0) is 116 Å². The molecule has 396 valence electrons. The van der Waals surface area contributed by atoms with Gasteiger partial charge in [0.25, 0.3) is 0 Å². The lowest BCUT2D eigenvalue weighted by atomic mass is 10.1. The molecule has 0 radical (unpaired) electrons. The van der Waals surface area contributed by atoms with Crippen LogP contribution >= 0.6 is 0 Å². The lowest BCUT2D eigenvalue weighted by Gasteiger charge is -2.18. The van der Waals surface area contributed by atoms with Crippen LogP contribution in [0.25, 0.3) is 0 Å². The highest BCUT2D eigenvalue weighted by Gasteiger charge is 2.19. The summed E-state index contributed by atoms with van der Waals surface area (Å²) in [4.78, 5) is 38.1. The van der Waals surface area contributed by atoms with Gasteiger partial charge in [0.2, 0.25) is 0 Å². The zero-order chi connectivity index (χ0) is 50.0. The van der Waals surface area contributed by atoms with E-state index >= 15 is 0 Å². The van der Waals surface area contributed by atoms with Crippen molar-refractivity contribution in [3.8, 4) is 0 Å². The van der Waals surface area contributed by atoms with Gasteiger partial charge in [-0.1, -0.05) is 228 Å². The molecule has 0 aliphatic rings. The number of carbonyl (C=O) groups is 3. The maximum absolute atomic E-state index is 12.8. The third-order valence-corrected chi connectivity index (χ3v) is 12.4. The van der Waals surface area contributed by atoms with E-state index in [9.17, 15) is 14.4 Å². The summed E-state index contributed by atoms with van der Waals surface area (Å²) in [6.45, 7) is 6.48. The molecule has 1 unspecified atom stereocenters. The van der Waals surface area contributed by atoms with E-state index in [1.807, 2.05) is 0 Å². The van der Waals surface area contributed by atoms with Crippen LogP contribution in [0.3, 0.4) is 0 Å². The summed E-state index contributed by atoms with van der Waals surface area (Å²) in [7, 11) is 0. The van der Waals surface area contributed by atoms with Gasteiger partial charge < -0.3 is 14.2 Å². The van der Waals surface area contributed by atoms with Gasteiger partial charge in [-0.2, -0.15) is 0 Å². The molecular formula is C63H108O6. The van der Waals surface area contributed by atoms with Crippen molar-refractivity contribution in [1.29, 1.82) is 0 Å². The first-order valence-electron chi connectivity index (χ1n) is 29.1. The number of unbranched alkanes of at least 4 members (excludes halogenated alkanes) is 27.